The highest BCUT2D eigenvalue weighted by atomic mass is 16.5. The lowest BCUT2D eigenvalue weighted by Crippen LogP contribution is -2.50. The number of nitrogens with two attached hydrogens (primary N) is 1. The Balaban J connectivity index is 2.46. The maximum absolute atomic E-state index is 11.1. The smallest absolute Gasteiger partial charge is 0.302 e. The lowest BCUT2D eigenvalue weighted by Gasteiger charge is -2.28. The summed E-state index contributed by atoms with van der Waals surface area (Å²) in [5.41, 5.74) is 6.49. The highest BCUT2D eigenvalue weighted by molar-refractivity contribution is 5.66. The molecule has 6 nitrogen and oxygen atoms in total. The van der Waals surface area contributed by atoms with Crippen molar-refractivity contribution in [2.24, 2.45) is 5.73 Å². The summed E-state index contributed by atoms with van der Waals surface area (Å²) in [5.74, 6) is 0.0424. The zero-order chi connectivity index (χ0) is 20.8. The predicted molar refractivity (Wildman–Crippen MR) is 109 cm³/mol. The van der Waals surface area contributed by atoms with Crippen molar-refractivity contribution in [2.75, 3.05) is 19.8 Å². The zero-order valence-corrected chi connectivity index (χ0v) is 17.5. The van der Waals surface area contributed by atoms with E-state index in [1.54, 1.807) is 0 Å². The number of ether oxygens (including phenoxy) is 3. The number of carbonyl (C=O) groups is 2. The molecule has 1 rings (SSSR count). The van der Waals surface area contributed by atoms with Gasteiger partial charge in [-0.3, -0.25) is 9.59 Å². The Kier molecular flexibility index (Phi) is 11.3. The third-order valence-corrected chi connectivity index (χ3v) is 4.48. The third-order valence-electron chi connectivity index (χ3n) is 4.48. The van der Waals surface area contributed by atoms with Crippen molar-refractivity contribution in [2.45, 2.75) is 71.3 Å². The van der Waals surface area contributed by atoms with Crippen molar-refractivity contribution >= 4 is 11.9 Å². The van der Waals surface area contributed by atoms with E-state index in [2.05, 4.69) is 6.92 Å². The van der Waals surface area contributed by atoms with Gasteiger partial charge in [0, 0.05) is 13.8 Å². The van der Waals surface area contributed by atoms with E-state index in [4.69, 9.17) is 19.9 Å². The quantitative estimate of drug-likeness (QED) is 0.382. The van der Waals surface area contributed by atoms with E-state index in [1.165, 1.54) is 39.5 Å². The number of aryl methyl sites for hydroxylation is 1. The molecule has 0 amide bonds. The van der Waals surface area contributed by atoms with Crippen molar-refractivity contribution < 1.29 is 23.8 Å². The second-order valence-corrected chi connectivity index (χ2v) is 7.33. The molecule has 0 aliphatic rings. The summed E-state index contributed by atoms with van der Waals surface area (Å²) >= 11 is 0. The minimum absolute atomic E-state index is 0.00877. The summed E-state index contributed by atoms with van der Waals surface area (Å²) in [5, 5.41) is 0. The maximum atomic E-state index is 11.1. The summed E-state index contributed by atoms with van der Waals surface area (Å²) < 4.78 is 15.9. The van der Waals surface area contributed by atoms with E-state index in [0.29, 0.717) is 12.8 Å². The second kappa shape index (κ2) is 13.2. The highest BCUT2D eigenvalue weighted by Crippen LogP contribution is 2.18. The Morgan fingerprint density at radius 3 is 2.04 bits per heavy atom. The van der Waals surface area contributed by atoms with Gasteiger partial charge in [0.1, 0.15) is 19.0 Å². The van der Waals surface area contributed by atoms with Gasteiger partial charge in [-0.05, 0) is 37.0 Å². The monoisotopic (exact) mass is 393 g/mol. The van der Waals surface area contributed by atoms with Crippen LogP contribution in [0.15, 0.2) is 24.3 Å². The summed E-state index contributed by atoms with van der Waals surface area (Å²) in [7, 11) is 0. The molecule has 0 spiro atoms. The standard InChI is InChI=1S/C22H35NO5/c1-4-5-6-7-8-15-26-21-11-9-20(10-12-21)13-14-22(23,16-27-18(2)24)17-28-19(3)25/h9-12H,4-8,13-17,23H2,1-3H3. The first-order chi connectivity index (χ1) is 13.3. The summed E-state index contributed by atoms with van der Waals surface area (Å²) in [4.78, 5) is 22.2. The maximum Gasteiger partial charge on any atom is 0.302 e. The molecular weight excluding hydrogens is 358 g/mol. The Morgan fingerprint density at radius 2 is 1.50 bits per heavy atom. The topological polar surface area (TPSA) is 87.8 Å². The van der Waals surface area contributed by atoms with Crippen LogP contribution in [0.1, 0.15) is 64.9 Å². The summed E-state index contributed by atoms with van der Waals surface area (Å²) in [6.07, 6.45) is 7.27. The molecule has 6 heteroatoms. The fourth-order valence-corrected chi connectivity index (χ4v) is 2.72. The number of carbonyl (C=O) groups excluding carboxylic acids is 2. The summed E-state index contributed by atoms with van der Waals surface area (Å²) in [6, 6.07) is 7.92. The molecule has 0 atom stereocenters. The molecule has 0 saturated carbocycles. The van der Waals surface area contributed by atoms with E-state index in [-0.39, 0.29) is 13.2 Å². The van der Waals surface area contributed by atoms with Crippen LogP contribution in [0.3, 0.4) is 0 Å². The molecular formula is C22H35NO5. The Hall–Kier alpha value is -2.08. The van der Waals surface area contributed by atoms with Crippen LogP contribution in [0, 0.1) is 0 Å². The van der Waals surface area contributed by atoms with Gasteiger partial charge in [-0.1, -0.05) is 44.7 Å². The van der Waals surface area contributed by atoms with Crippen LogP contribution >= 0.6 is 0 Å². The Labute approximate surface area is 168 Å². The van der Waals surface area contributed by atoms with E-state index >= 15 is 0 Å². The average molecular weight is 394 g/mol. The molecule has 0 aliphatic carbocycles. The van der Waals surface area contributed by atoms with Gasteiger partial charge in [-0.15, -0.1) is 0 Å². The first-order valence-electron chi connectivity index (χ1n) is 10.1. The van der Waals surface area contributed by atoms with Gasteiger partial charge in [-0.2, -0.15) is 0 Å². The van der Waals surface area contributed by atoms with Crippen molar-refractivity contribution in [3.63, 3.8) is 0 Å². The molecule has 1 aromatic rings. The van der Waals surface area contributed by atoms with Crippen LogP contribution in [0.2, 0.25) is 0 Å². The van der Waals surface area contributed by atoms with Gasteiger partial charge < -0.3 is 19.9 Å². The number of rotatable bonds is 14. The first kappa shape index (κ1) is 24.0. The molecule has 158 valence electrons. The van der Waals surface area contributed by atoms with E-state index in [1.807, 2.05) is 24.3 Å². The Morgan fingerprint density at radius 1 is 0.929 bits per heavy atom. The van der Waals surface area contributed by atoms with Gasteiger partial charge >= 0.3 is 11.9 Å². The van der Waals surface area contributed by atoms with Gasteiger partial charge in [0.25, 0.3) is 0 Å². The third kappa shape index (κ3) is 10.9. The predicted octanol–water partition coefficient (Wildman–Crippen LogP) is 3.79. The molecule has 0 aromatic heterocycles. The van der Waals surface area contributed by atoms with Crippen LogP contribution in [-0.2, 0) is 25.5 Å². The van der Waals surface area contributed by atoms with Gasteiger partial charge in [-0.25, -0.2) is 0 Å². The van der Waals surface area contributed by atoms with E-state index in [0.717, 1.165) is 24.3 Å². The largest absolute Gasteiger partial charge is 0.494 e. The van der Waals surface area contributed by atoms with Crippen LogP contribution in [0.4, 0.5) is 0 Å². The molecule has 1 aromatic carbocycles. The SMILES string of the molecule is CCCCCCCOc1ccc(CCC(N)(COC(C)=O)COC(C)=O)cc1. The molecule has 0 bridgehead atoms. The highest BCUT2D eigenvalue weighted by Gasteiger charge is 2.28. The van der Waals surface area contributed by atoms with Gasteiger partial charge in [0.15, 0.2) is 0 Å². The number of esters is 2. The van der Waals surface area contributed by atoms with Crippen LogP contribution in [0.5, 0.6) is 5.75 Å². The zero-order valence-electron chi connectivity index (χ0n) is 17.5. The molecule has 0 unspecified atom stereocenters. The van der Waals surface area contributed by atoms with Crippen molar-refractivity contribution in [3.8, 4) is 5.75 Å². The number of benzene rings is 1. The van der Waals surface area contributed by atoms with E-state index < -0.39 is 17.5 Å². The molecule has 0 saturated heterocycles. The van der Waals surface area contributed by atoms with Crippen LogP contribution < -0.4 is 10.5 Å². The molecule has 0 heterocycles. The van der Waals surface area contributed by atoms with E-state index in [9.17, 15) is 9.59 Å². The molecule has 2 N–H and O–H groups in total. The van der Waals surface area contributed by atoms with Crippen LogP contribution in [0.25, 0.3) is 0 Å². The number of unbranched alkanes of at least 4 members (excludes halogenated alkanes) is 4. The number of hydrogen-bond donors (Lipinski definition) is 1. The molecule has 0 fully saturated rings. The van der Waals surface area contributed by atoms with Gasteiger partial charge in [0.05, 0.1) is 12.1 Å². The number of hydrogen-bond acceptors (Lipinski definition) is 6. The van der Waals surface area contributed by atoms with Crippen molar-refractivity contribution in [1.29, 1.82) is 0 Å². The average Bonchev–Trinajstić information content (AvgIpc) is 2.67. The minimum atomic E-state index is -0.912. The fraction of sp³-hybridized carbons (Fsp3) is 0.636. The lowest BCUT2D eigenvalue weighted by molar-refractivity contribution is -0.147. The summed E-state index contributed by atoms with van der Waals surface area (Å²) in [6.45, 7) is 5.62. The van der Waals surface area contributed by atoms with Gasteiger partial charge in [0.2, 0.25) is 0 Å². The first-order valence-corrected chi connectivity index (χ1v) is 10.1. The van der Waals surface area contributed by atoms with Crippen molar-refractivity contribution in [1.82, 2.24) is 0 Å². The fourth-order valence-electron chi connectivity index (χ4n) is 2.72. The molecule has 0 aliphatic heterocycles. The normalized spacial score (nSPS) is 11.1. The minimum Gasteiger partial charge on any atom is -0.494 e. The second-order valence-electron chi connectivity index (χ2n) is 7.33. The van der Waals surface area contributed by atoms with Crippen molar-refractivity contribution in [3.05, 3.63) is 29.8 Å². The molecule has 0 radical (unpaired) electrons. The Bertz CT molecular complexity index is 567. The van der Waals surface area contributed by atoms with Crippen LogP contribution in [-0.4, -0.2) is 37.3 Å². The molecule has 28 heavy (non-hydrogen) atoms. The lowest BCUT2D eigenvalue weighted by atomic mass is 9.93.